The smallest absolute Gasteiger partial charge is 0.341 e. The molecule has 0 aliphatic carbocycles. The fourth-order valence-corrected chi connectivity index (χ4v) is 3.76. The number of thiophene rings is 1. The van der Waals surface area contributed by atoms with Crippen molar-refractivity contribution in [3.05, 3.63) is 51.9 Å². The lowest BCUT2D eigenvalue weighted by molar-refractivity contribution is -0.116. The second kappa shape index (κ2) is 7.71. The molecule has 2 aromatic rings. The summed E-state index contributed by atoms with van der Waals surface area (Å²) in [6.07, 6.45) is 0.700. The van der Waals surface area contributed by atoms with Crippen LogP contribution in [0.25, 0.3) is 0 Å². The van der Waals surface area contributed by atoms with Crippen LogP contribution in [0.15, 0.2) is 30.3 Å². The van der Waals surface area contributed by atoms with Gasteiger partial charge in [0.05, 0.1) is 23.3 Å². The Morgan fingerprint density at radius 2 is 1.74 bits per heavy atom. The fraction of sp³-hybridized carbons (Fsp3) is 0.263. The molecule has 1 aliphatic heterocycles. The standard InChI is InChI=1S/C19H18N2O5S/c1-3-11-9-14(19(25)26-4-2)16(27-11)20-15(22)10-21-17(23)12-7-5-6-8-13(12)18(21)24/h5-9H,3-4,10H2,1-2H3,(H,20,22). The Labute approximate surface area is 159 Å². The molecule has 7 nitrogen and oxygen atoms in total. The van der Waals surface area contributed by atoms with Crippen LogP contribution < -0.4 is 5.32 Å². The predicted octanol–water partition coefficient (Wildman–Crippen LogP) is 2.72. The molecule has 0 fully saturated rings. The SMILES string of the molecule is CCOC(=O)c1cc(CC)sc1NC(=O)CN1C(=O)c2ccccc2C1=O. The van der Waals surface area contributed by atoms with Crippen LogP contribution in [0, 0.1) is 0 Å². The van der Waals surface area contributed by atoms with E-state index >= 15 is 0 Å². The molecular formula is C19H18N2O5S. The van der Waals surface area contributed by atoms with Crippen molar-refractivity contribution in [2.24, 2.45) is 0 Å². The lowest BCUT2D eigenvalue weighted by Crippen LogP contribution is -2.37. The first kappa shape index (κ1) is 18.8. The summed E-state index contributed by atoms with van der Waals surface area (Å²) in [5.41, 5.74) is 0.841. The van der Waals surface area contributed by atoms with Crippen molar-refractivity contribution in [1.82, 2.24) is 4.90 Å². The molecule has 1 aromatic carbocycles. The van der Waals surface area contributed by atoms with Gasteiger partial charge in [-0.05, 0) is 31.5 Å². The molecule has 0 bridgehead atoms. The number of anilines is 1. The maximum absolute atomic E-state index is 12.4. The third kappa shape index (κ3) is 3.61. The van der Waals surface area contributed by atoms with E-state index in [1.165, 1.54) is 11.3 Å². The third-order valence-corrected chi connectivity index (χ3v) is 5.25. The van der Waals surface area contributed by atoms with Crippen LogP contribution in [-0.2, 0) is 16.0 Å². The van der Waals surface area contributed by atoms with Crippen molar-refractivity contribution in [2.45, 2.75) is 20.3 Å². The number of hydrogen-bond acceptors (Lipinski definition) is 6. The molecule has 0 saturated carbocycles. The number of carbonyl (C=O) groups excluding carboxylic acids is 4. The number of fused-ring (bicyclic) bond motifs is 1. The Bertz CT molecular complexity index is 899. The number of nitrogens with zero attached hydrogens (tertiary/aromatic N) is 1. The van der Waals surface area contributed by atoms with Crippen LogP contribution in [0.4, 0.5) is 5.00 Å². The number of ether oxygens (including phenoxy) is 1. The Kier molecular flexibility index (Phi) is 5.36. The van der Waals surface area contributed by atoms with Gasteiger partial charge in [-0.2, -0.15) is 0 Å². The van der Waals surface area contributed by atoms with E-state index in [1.54, 1.807) is 37.3 Å². The fourth-order valence-electron chi connectivity index (χ4n) is 2.76. The molecule has 2 heterocycles. The lowest BCUT2D eigenvalue weighted by Gasteiger charge is -2.13. The minimum Gasteiger partial charge on any atom is -0.462 e. The molecule has 8 heteroatoms. The van der Waals surface area contributed by atoms with Crippen LogP contribution in [0.1, 0.15) is 49.8 Å². The summed E-state index contributed by atoms with van der Waals surface area (Å²) in [4.78, 5) is 51.1. The summed E-state index contributed by atoms with van der Waals surface area (Å²) < 4.78 is 5.02. The van der Waals surface area contributed by atoms with Crippen molar-refractivity contribution in [3.63, 3.8) is 0 Å². The molecule has 140 valence electrons. The van der Waals surface area contributed by atoms with Gasteiger partial charge in [0.25, 0.3) is 11.8 Å². The van der Waals surface area contributed by atoms with E-state index in [1.807, 2.05) is 6.92 Å². The largest absolute Gasteiger partial charge is 0.462 e. The van der Waals surface area contributed by atoms with Gasteiger partial charge < -0.3 is 10.1 Å². The molecule has 0 radical (unpaired) electrons. The molecule has 1 aliphatic rings. The third-order valence-electron chi connectivity index (χ3n) is 4.06. The number of carbonyl (C=O) groups is 4. The van der Waals surface area contributed by atoms with Gasteiger partial charge in [0.1, 0.15) is 11.5 Å². The van der Waals surface area contributed by atoms with Crippen LogP contribution in [0.5, 0.6) is 0 Å². The first-order valence-corrected chi connectivity index (χ1v) is 9.32. The zero-order valence-electron chi connectivity index (χ0n) is 14.9. The Morgan fingerprint density at radius 3 is 2.30 bits per heavy atom. The van der Waals surface area contributed by atoms with E-state index in [4.69, 9.17) is 4.74 Å². The summed E-state index contributed by atoms with van der Waals surface area (Å²) in [6, 6.07) is 8.12. The zero-order valence-corrected chi connectivity index (χ0v) is 15.7. The number of amides is 3. The van der Waals surface area contributed by atoms with E-state index in [0.717, 1.165) is 9.78 Å². The van der Waals surface area contributed by atoms with Crippen LogP contribution >= 0.6 is 11.3 Å². The number of imide groups is 1. The number of rotatable bonds is 6. The summed E-state index contributed by atoms with van der Waals surface area (Å²) in [6.45, 7) is 3.43. The highest BCUT2D eigenvalue weighted by atomic mass is 32.1. The minimum atomic E-state index is -0.556. The average molecular weight is 386 g/mol. The maximum Gasteiger partial charge on any atom is 0.341 e. The van der Waals surface area contributed by atoms with E-state index < -0.39 is 30.2 Å². The van der Waals surface area contributed by atoms with E-state index in [-0.39, 0.29) is 23.3 Å². The molecule has 1 N–H and O–H groups in total. The Hall–Kier alpha value is -3.00. The topological polar surface area (TPSA) is 92.8 Å². The second-order valence-corrected chi connectivity index (χ2v) is 6.96. The van der Waals surface area contributed by atoms with Crippen LogP contribution in [0.2, 0.25) is 0 Å². The normalized spacial score (nSPS) is 12.9. The molecule has 0 atom stereocenters. The van der Waals surface area contributed by atoms with Crippen molar-refractivity contribution < 1.29 is 23.9 Å². The first-order valence-electron chi connectivity index (χ1n) is 8.51. The molecule has 3 amide bonds. The van der Waals surface area contributed by atoms with Crippen LogP contribution in [-0.4, -0.2) is 41.7 Å². The monoisotopic (exact) mass is 386 g/mol. The molecule has 1 aromatic heterocycles. The number of benzene rings is 1. The maximum atomic E-state index is 12.4. The summed E-state index contributed by atoms with van der Waals surface area (Å²) >= 11 is 1.27. The van der Waals surface area contributed by atoms with Crippen LogP contribution in [0.3, 0.4) is 0 Å². The van der Waals surface area contributed by atoms with Crippen molar-refractivity contribution >= 4 is 40.0 Å². The van der Waals surface area contributed by atoms with Gasteiger partial charge in [-0.25, -0.2) is 4.79 Å². The number of hydrogen-bond donors (Lipinski definition) is 1. The highest BCUT2D eigenvalue weighted by Crippen LogP contribution is 2.29. The molecule has 27 heavy (non-hydrogen) atoms. The van der Waals surface area contributed by atoms with E-state index in [2.05, 4.69) is 5.32 Å². The van der Waals surface area contributed by atoms with Gasteiger partial charge >= 0.3 is 5.97 Å². The van der Waals surface area contributed by atoms with Gasteiger partial charge in [0.15, 0.2) is 0 Å². The van der Waals surface area contributed by atoms with E-state index in [9.17, 15) is 19.2 Å². The van der Waals surface area contributed by atoms with E-state index in [0.29, 0.717) is 11.4 Å². The quantitative estimate of drug-likeness (QED) is 0.609. The zero-order chi connectivity index (χ0) is 19.6. The summed E-state index contributed by atoms with van der Waals surface area (Å²) in [5.74, 6) is -2.09. The van der Waals surface area contributed by atoms with Crippen molar-refractivity contribution in [1.29, 1.82) is 0 Å². The first-order chi connectivity index (χ1) is 13.0. The second-order valence-electron chi connectivity index (χ2n) is 5.82. The summed E-state index contributed by atoms with van der Waals surface area (Å²) in [5, 5.41) is 2.99. The number of aryl methyl sites for hydroxylation is 1. The number of nitrogens with one attached hydrogen (secondary N) is 1. The number of esters is 1. The van der Waals surface area contributed by atoms with Crippen molar-refractivity contribution in [2.75, 3.05) is 18.5 Å². The Morgan fingerprint density at radius 1 is 1.11 bits per heavy atom. The predicted molar refractivity (Wildman–Crippen MR) is 100 cm³/mol. The molecular weight excluding hydrogens is 368 g/mol. The molecule has 0 spiro atoms. The van der Waals surface area contributed by atoms with Gasteiger partial charge in [0, 0.05) is 4.88 Å². The minimum absolute atomic E-state index is 0.221. The van der Waals surface area contributed by atoms with Gasteiger partial charge in [0.2, 0.25) is 5.91 Å². The molecule has 3 rings (SSSR count). The van der Waals surface area contributed by atoms with Crippen molar-refractivity contribution in [3.8, 4) is 0 Å². The highest BCUT2D eigenvalue weighted by molar-refractivity contribution is 7.16. The highest BCUT2D eigenvalue weighted by Gasteiger charge is 2.36. The van der Waals surface area contributed by atoms with Gasteiger partial charge in [-0.3, -0.25) is 19.3 Å². The Balaban J connectivity index is 1.76. The molecule has 0 saturated heterocycles. The summed E-state index contributed by atoms with van der Waals surface area (Å²) in [7, 11) is 0. The lowest BCUT2D eigenvalue weighted by atomic mass is 10.1. The van der Waals surface area contributed by atoms with Gasteiger partial charge in [-0.1, -0.05) is 19.1 Å². The molecule has 0 unspecified atom stereocenters. The van der Waals surface area contributed by atoms with Gasteiger partial charge in [-0.15, -0.1) is 11.3 Å². The average Bonchev–Trinajstić information content (AvgIpc) is 3.17.